The van der Waals surface area contributed by atoms with E-state index in [9.17, 15) is 0 Å². The molecule has 0 radical (unpaired) electrons. The molecule has 0 spiro atoms. The Morgan fingerprint density at radius 3 is 3.00 bits per heavy atom. The van der Waals surface area contributed by atoms with Crippen molar-refractivity contribution in [1.82, 2.24) is 10.3 Å². The van der Waals surface area contributed by atoms with Crippen LogP contribution in [0.25, 0.3) is 0 Å². The third-order valence-electron chi connectivity index (χ3n) is 1.64. The number of aromatic nitrogens is 1. The van der Waals surface area contributed by atoms with Gasteiger partial charge in [0, 0.05) is 18.0 Å². The van der Waals surface area contributed by atoms with Gasteiger partial charge in [0.1, 0.15) is 0 Å². The molecule has 1 aromatic heterocycles. The third kappa shape index (κ3) is 2.55. The molecular formula is C8H14N2OS. The summed E-state index contributed by atoms with van der Waals surface area (Å²) in [6, 6.07) is 0.238. The second-order valence-electron chi connectivity index (χ2n) is 2.69. The first-order chi connectivity index (χ1) is 5.74. The Hall–Kier alpha value is -0.450. The first kappa shape index (κ1) is 9.64. The number of aliphatic hydroxyl groups excluding tert-OH is 1. The van der Waals surface area contributed by atoms with Crippen molar-refractivity contribution in [2.24, 2.45) is 0 Å². The highest BCUT2D eigenvalue weighted by Gasteiger charge is 2.06. The van der Waals surface area contributed by atoms with Gasteiger partial charge in [-0.15, -0.1) is 11.3 Å². The molecule has 0 aliphatic carbocycles. The number of thiazole rings is 1. The minimum Gasteiger partial charge on any atom is -0.395 e. The van der Waals surface area contributed by atoms with E-state index in [1.165, 1.54) is 0 Å². The predicted octanol–water partition coefficient (Wildman–Crippen LogP) is 1.09. The van der Waals surface area contributed by atoms with E-state index in [-0.39, 0.29) is 12.6 Å². The van der Waals surface area contributed by atoms with Gasteiger partial charge in [0.25, 0.3) is 0 Å². The fraction of sp³-hybridized carbons (Fsp3) is 0.625. The average Bonchev–Trinajstić information content (AvgIpc) is 2.47. The number of hydrogen-bond acceptors (Lipinski definition) is 4. The predicted molar refractivity (Wildman–Crippen MR) is 50.4 cm³/mol. The summed E-state index contributed by atoms with van der Waals surface area (Å²) in [6.45, 7) is 4.84. The fourth-order valence-electron chi connectivity index (χ4n) is 0.965. The molecule has 0 amide bonds. The maximum absolute atomic E-state index is 8.59. The maximum Gasteiger partial charge on any atom is 0.0898 e. The van der Waals surface area contributed by atoms with Gasteiger partial charge in [-0.25, -0.2) is 4.98 Å². The van der Waals surface area contributed by atoms with Crippen LogP contribution in [0.1, 0.15) is 23.7 Å². The summed E-state index contributed by atoms with van der Waals surface area (Å²) in [7, 11) is 0. The van der Waals surface area contributed by atoms with Crippen molar-refractivity contribution in [3.05, 3.63) is 16.1 Å². The van der Waals surface area contributed by atoms with Crippen molar-refractivity contribution in [2.75, 3.05) is 13.2 Å². The molecule has 1 heterocycles. The largest absolute Gasteiger partial charge is 0.395 e. The monoisotopic (exact) mass is 186 g/mol. The Balaban J connectivity index is 2.47. The van der Waals surface area contributed by atoms with Crippen LogP contribution >= 0.6 is 11.3 Å². The lowest BCUT2D eigenvalue weighted by atomic mass is 10.2. The highest BCUT2D eigenvalue weighted by molar-refractivity contribution is 7.09. The van der Waals surface area contributed by atoms with Gasteiger partial charge in [0.15, 0.2) is 0 Å². The molecule has 1 aromatic rings. The van der Waals surface area contributed by atoms with Crippen molar-refractivity contribution in [3.63, 3.8) is 0 Å². The molecule has 3 nitrogen and oxygen atoms in total. The molecule has 0 bridgehead atoms. The zero-order valence-corrected chi connectivity index (χ0v) is 8.19. The van der Waals surface area contributed by atoms with Crippen LogP contribution in [0.5, 0.6) is 0 Å². The summed E-state index contributed by atoms with van der Waals surface area (Å²) in [6.07, 6.45) is 0. The minimum atomic E-state index is 0.174. The van der Waals surface area contributed by atoms with Gasteiger partial charge in [-0.3, -0.25) is 0 Å². The molecule has 0 saturated heterocycles. The number of nitrogens with one attached hydrogen (secondary N) is 1. The van der Waals surface area contributed by atoms with Crippen LogP contribution in [0.15, 0.2) is 5.38 Å². The van der Waals surface area contributed by atoms with Gasteiger partial charge in [0.05, 0.1) is 17.3 Å². The lowest BCUT2D eigenvalue weighted by molar-refractivity contribution is 0.286. The number of nitrogens with zero attached hydrogens (tertiary/aromatic N) is 1. The molecule has 4 heteroatoms. The first-order valence-corrected chi connectivity index (χ1v) is 4.88. The summed E-state index contributed by atoms with van der Waals surface area (Å²) in [4.78, 5) is 4.34. The van der Waals surface area contributed by atoms with E-state index in [0.717, 1.165) is 10.7 Å². The molecule has 0 saturated carbocycles. The zero-order valence-electron chi connectivity index (χ0n) is 7.37. The summed E-state index contributed by atoms with van der Waals surface area (Å²) in [5.74, 6) is 0. The smallest absolute Gasteiger partial charge is 0.0898 e. The molecular weight excluding hydrogens is 172 g/mol. The van der Waals surface area contributed by atoms with Crippen LogP contribution in [0.2, 0.25) is 0 Å². The topological polar surface area (TPSA) is 45.2 Å². The Bertz CT molecular complexity index is 237. The SMILES string of the molecule is Cc1nc(C(C)NCCO)cs1. The molecule has 1 rings (SSSR count). The van der Waals surface area contributed by atoms with E-state index in [0.29, 0.717) is 6.54 Å². The number of hydrogen-bond donors (Lipinski definition) is 2. The second-order valence-corrected chi connectivity index (χ2v) is 3.75. The van der Waals surface area contributed by atoms with Crippen molar-refractivity contribution < 1.29 is 5.11 Å². The van der Waals surface area contributed by atoms with E-state index >= 15 is 0 Å². The number of aliphatic hydroxyl groups is 1. The highest BCUT2D eigenvalue weighted by Crippen LogP contribution is 2.14. The molecule has 68 valence electrons. The normalized spacial score (nSPS) is 13.2. The number of rotatable bonds is 4. The average molecular weight is 186 g/mol. The van der Waals surface area contributed by atoms with Gasteiger partial charge >= 0.3 is 0 Å². The van der Waals surface area contributed by atoms with E-state index in [1.54, 1.807) is 11.3 Å². The summed E-state index contributed by atoms with van der Waals surface area (Å²) >= 11 is 1.65. The Morgan fingerprint density at radius 2 is 2.50 bits per heavy atom. The van der Waals surface area contributed by atoms with Gasteiger partial charge in [0.2, 0.25) is 0 Å². The second kappa shape index (κ2) is 4.54. The molecule has 0 fully saturated rings. The molecule has 0 aliphatic heterocycles. The lowest BCUT2D eigenvalue weighted by Gasteiger charge is -2.09. The highest BCUT2D eigenvalue weighted by atomic mass is 32.1. The van der Waals surface area contributed by atoms with Crippen LogP contribution in [-0.4, -0.2) is 23.2 Å². The van der Waals surface area contributed by atoms with E-state index < -0.39 is 0 Å². The molecule has 2 N–H and O–H groups in total. The van der Waals surface area contributed by atoms with E-state index in [4.69, 9.17) is 5.11 Å². The number of aryl methyl sites for hydroxylation is 1. The summed E-state index contributed by atoms with van der Waals surface area (Å²) < 4.78 is 0. The van der Waals surface area contributed by atoms with Crippen molar-refractivity contribution >= 4 is 11.3 Å². The van der Waals surface area contributed by atoms with Gasteiger partial charge in [-0.05, 0) is 13.8 Å². The molecule has 1 unspecified atom stereocenters. The van der Waals surface area contributed by atoms with Crippen molar-refractivity contribution in [3.8, 4) is 0 Å². The van der Waals surface area contributed by atoms with Crippen molar-refractivity contribution in [1.29, 1.82) is 0 Å². The molecule has 12 heavy (non-hydrogen) atoms. The Kier molecular flexibility index (Phi) is 3.65. The lowest BCUT2D eigenvalue weighted by Crippen LogP contribution is -2.22. The van der Waals surface area contributed by atoms with Crippen LogP contribution in [0.4, 0.5) is 0 Å². The van der Waals surface area contributed by atoms with Crippen LogP contribution in [0.3, 0.4) is 0 Å². The Morgan fingerprint density at radius 1 is 1.75 bits per heavy atom. The Labute approximate surface area is 76.5 Å². The van der Waals surface area contributed by atoms with E-state index in [2.05, 4.69) is 10.3 Å². The molecule has 1 atom stereocenters. The van der Waals surface area contributed by atoms with Crippen LogP contribution in [-0.2, 0) is 0 Å². The third-order valence-corrected chi connectivity index (χ3v) is 2.43. The van der Waals surface area contributed by atoms with Crippen molar-refractivity contribution in [2.45, 2.75) is 19.9 Å². The quantitative estimate of drug-likeness (QED) is 0.740. The van der Waals surface area contributed by atoms with Crippen LogP contribution < -0.4 is 5.32 Å². The first-order valence-electron chi connectivity index (χ1n) is 4.00. The molecule has 0 aromatic carbocycles. The van der Waals surface area contributed by atoms with Gasteiger partial charge < -0.3 is 10.4 Å². The summed E-state index contributed by atoms with van der Waals surface area (Å²) in [5, 5.41) is 14.9. The molecule has 0 aliphatic rings. The fourth-order valence-corrected chi connectivity index (χ4v) is 1.67. The van der Waals surface area contributed by atoms with Crippen LogP contribution in [0, 0.1) is 6.92 Å². The minimum absolute atomic E-state index is 0.174. The van der Waals surface area contributed by atoms with Gasteiger partial charge in [-0.1, -0.05) is 0 Å². The summed E-state index contributed by atoms with van der Waals surface area (Å²) in [5.41, 5.74) is 1.06. The van der Waals surface area contributed by atoms with E-state index in [1.807, 2.05) is 19.2 Å². The maximum atomic E-state index is 8.59. The van der Waals surface area contributed by atoms with Gasteiger partial charge in [-0.2, -0.15) is 0 Å². The zero-order chi connectivity index (χ0) is 8.97. The standard InChI is InChI=1S/C8H14N2OS/c1-6(9-3-4-11)8-5-12-7(2)10-8/h5-6,9,11H,3-4H2,1-2H3.